The molecule has 1 fully saturated rings. The van der Waals surface area contributed by atoms with E-state index in [1.54, 1.807) is 7.11 Å². The Bertz CT molecular complexity index is 1090. The largest absolute Gasteiger partial charge is 0.465 e. The van der Waals surface area contributed by atoms with Crippen molar-refractivity contribution in [1.82, 2.24) is 14.9 Å². The first kappa shape index (κ1) is 24.0. The lowest BCUT2D eigenvalue weighted by atomic mass is 9.88. The van der Waals surface area contributed by atoms with Gasteiger partial charge in [0, 0.05) is 26.0 Å². The molecule has 2 atom stereocenters. The van der Waals surface area contributed by atoms with E-state index < -0.39 is 0 Å². The van der Waals surface area contributed by atoms with E-state index in [2.05, 4.69) is 30.9 Å². The van der Waals surface area contributed by atoms with Crippen molar-refractivity contribution in [2.45, 2.75) is 58.3 Å². The van der Waals surface area contributed by atoms with Crippen molar-refractivity contribution in [3.63, 3.8) is 0 Å². The van der Waals surface area contributed by atoms with Gasteiger partial charge >= 0.3 is 5.97 Å². The van der Waals surface area contributed by atoms with E-state index in [4.69, 9.17) is 19.4 Å². The Morgan fingerprint density at radius 3 is 2.09 bits per heavy atom. The molecule has 178 valence electrons. The molecule has 1 saturated heterocycles. The number of esters is 1. The molecule has 34 heavy (non-hydrogen) atoms. The van der Waals surface area contributed by atoms with Crippen LogP contribution in [0.15, 0.2) is 54.9 Å². The van der Waals surface area contributed by atoms with Crippen LogP contribution < -0.4 is 0 Å². The van der Waals surface area contributed by atoms with Gasteiger partial charge in [0.25, 0.3) is 0 Å². The molecular formula is C28H33N3O3. The summed E-state index contributed by atoms with van der Waals surface area (Å²) in [6.45, 7) is 5.41. The lowest BCUT2D eigenvalue weighted by Gasteiger charge is -2.43. The summed E-state index contributed by atoms with van der Waals surface area (Å²) in [5, 5.41) is 0. The van der Waals surface area contributed by atoms with Crippen molar-refractivity contribution < 1.29 is 14.3 Å². The van der Waals surface area contributed by atoms with E-state index >= 15 is 0 Å². The summed E-state index contributed by atoms with van der Waals surface area (Å²) in [5.74, 6) is -0.342. The molecule has 0 bridgehead atoms. The van der Waals surface area contributed by atoms with Gasteiger partial charge in [0.1, 0.15) is 0 Å². The first-order chi connectivity index (χ1) is 16.5. The molecule has 2 unspecified atom stereocenters. The highest BCUT2D eigenvalue weighted by Gasteiger charge is 2.35. The van der Waals surface area contributed by atoms with Crippen molar-refractivity contribution in [3.05, 3.63) is 94.1 Å². The average molecular weight is 460 g/mol. The number of carbonyl (C=O) groups excluding carboxylic acids is 1. The second-order valence-corrected chi connectivity index (χ2v) is 8.95. The summed E-state index contributed by atoms with van der Waals surface area (Å²) >= 11 is 0. The van der Waals surface area contributed by atoms with Gasteiger partial charge in [-0.25, -0.2) is 4.79 Å². The van der Waals surface area contributed by atoms with Gasteiger partial charge in [-0.05, 0) is 79.6 Å². The molecule has 6 nitrogen and oxygen atoms in total. The zero-order valence-corrected chi connectivity index (χ0v) is 20.5. The summed E-state index contributed by atoms with van der Waals surface area (Å²) in [7, 11) is 3.08. The Kier molecular flexibility index (Phi) is 7.70. The molecule has 0 amide bonds. The van der Waals surface area contributed by atoms with Crippen LogP contribution >= 0.6 is 0 Å². The van der Waals surface area contributed by atoms with Gasteiger partial charge in [0.15, 0.2) is 0 Å². The number of methoxy groups -OCH3 is 2. The van der Waals surface area contributed by atoms with Crippen LogP contribution in [0.5, 0.6) is 0 Å². The fourth-order valence-electron chi connectivity index (χ4n) is 5.07. The Hall–Kier alpha value is -3.09. The normalized spacial score (nSPS) is 18.6. The maximum atomic E-state index is 12.1. The van der Waals surface area contributed by atoms with Crippen LogP contribution in [0.1, 0.15) is 75.3 Å². The number of rotatable bonds is 7. The summed E-state index contributed by atoms with van der Waals surface area (Å²) in [6, 6.07) is 14.4. The molecule has 1 aromatic carbocycles. The van der Waals surface area contributed by atoms with Gasteiger partial charge in [-0.15, -0.1) is 0 Å². The highest BCUT2D eigenvalue weighted by Crippen LogP contribution is 2.43. The minimum Gasteiger partial charge on any atom is -0.465 e. The number of piperidine rings is 1. The van der Waals surface area contributed by atoms with Crippen molar-refractivity contribution in [1.29, 1.82) is 0 Å². The topological polar surface area (TPSA) is 64.6 Å². The summed E-state index contributed by atoms with van der Waals surface area (Å²) in [4.78, 5) is 24.3. The maximum absolute atomic E-state index is 12.1. The van der Waals surface area contributed by atoms with E-state index in [-0.39, 0.29) is 18.1 Å². The standard InChI is InChI=1S/C28H33N3O3/c1-19-8-6-14-29-26(19)24-10-5-11-25(27-20(2)9-7-15-30-27)31(24)17-22-13-12-21(28(32)34-4)16-23(22)18-33-3/h6-9,12-16,24-25H,5,10-11,17-18H2,1-4H3. The first-order valence-electron chi connectivity index (χ1n) is 11.8. The third-order valence-electron chi connectivity index (χ3n) is 6.77. The number of nitrogens with zero attached hydrogens (tertiary/aromatic N) is 3. The van der Waals surface area contributed by atoms with Crippen LogP contribution in [0.3, 0.4) is 0 Å². The average Bonchev–Trinajstić information content (AvgIpc) is 2.86. The van der Waals surface area contributed by atoms with Gasteiger partial charge in [0.05, 0.1) is 42.8 Å². The fourth-order valence-corrected chi connectivity index (χ4v) is 5.07. The molecule has 0 radical (unpaired) electrons. The van der Waals surface area contributed by atoms with Crippen molar-refractivity contribution >= 4 is 5.97 Å². The minimum atomic E-state index is -0.342. The Morgan fingerprint density at radius 2 is 1.56 bits per heavy atom. The second kappa shape index (κ2) is 10.9. The van der Waals surface area contributed by atoms with Gasteiger partial charge in [0.2, 0.25) is 0 Å². The number of carbonyl (C=O) groups is 1. The summed E-state index contributed by atoms with van der Waals surface area (Å²) in [5.41, 5.74) is 7.31. The summed E-state index contributed by atoms with van der Waals surface area (Å²) < 4.78 is 10.4. The van der Waals surface area contributed by atoms with E-state index in [0.29, 0.717) is 18.7 Å². The molecule has 1 aliphatic heterocycles. The van der Waals surface area contributed by atoms with Gasteiger partial charge in [-0.1, -0.05) is 18.2 Å². The number of aryl methyl sites for hydroxylation is 2. The molecule has 4 rings (SSSR count). The highest BCUT2D eigenvalue weighted by atomic mass is 16.5. The van der Waals surface area contributed by atoms with E-state index in [1.165, 1.54) is 18.2 Å². The minimum absolute atomic E-state index is 0.178. The maximum Gasteiger partial charge on any atom is 0.337 e. The van der Waals surface area contributed by atoms with Gasteiger partial charge in [-0.2, -0.15) is 0 Å². The van der Waals surface area contributed by atoms with E-state index in [9.17, 15) is 4.79 Å². The molecule has 0 saturated carbocycles. The number of aromatic nitrogens is 2. The Balaban J connectivity index is 1.78. The second-order valence-electron chi connectivity index (χ2n) is 8.95. The van der Waals surface area contributed by atoms with Crippen molar-refractivity contribution in [2.24, 2.45) is 0 Å². The smallest absolute Gasteiger partial charge is 0.337 e. The van der Waals surface area contributed by atoms with Gasteiger partial charge < -0.3 is 9.47 Å². The molecule has 2 aromatic heterocycles. The molecule has 1 aliphatic rings. The quantitative estimate of drug-likeness (QED) is 0.435. The lowest BCUT2D eigenvalue weighted by Crippen LogP contribution is -2.37. The van der Waals surface area contributed by atoms with Crippen molar-refractivity contribution in [3.8, 4) is 0 Å². The molecule has 6 heteroatoms. The summed E-state index contributed by atoms with van der Waals surface area (Å²) in [6.07, 6.45) is 6.97. The number of benzene rings is 1. The molecule has 0 N–H and O–H groups in total. The fraction of sp³-hybridized carbons (Fsp3) is 0.393. The van der Waals surface area contributed by atoms with Crippen LogP contribution in [0.4, 0.5) is 0 Å². The molecule has 0 spiro atoms. The van der Waals surface area contributed by atoms with Crippen LogP contribution in [-0.2, 0) is 22.6 Å². The number of hydrogen-bond donors (Lipinski definition) is 0. The SMILES string of the molecule is COCc1cc(C(=O)OC)ccc1CN1C(c2ncccc2C)CCCC1c1ncccc1C. The first-order valence-corrected chi connectivity index (χ1v) is 11.8. The lowest BCUT2D eigenvalue weighted by molar-refractivity contribution is 0.0599. The predicted molar refractivity (Wildman–Crippen MR) is 131 cm³/mol. The number of pyridine rings is 2. The highest BCUT2D eigenvalue weighted by molar-refractivity contribution is 5.89. The van der Waals surface area contributed by atoms with Crippen LogP contribution in [0, 0.1) is 13.8 Å². The molecule has 0 aliphatic carbocycles. The molecule has 3 heterocycles. The third-order valence-corrected chi connectivity index (χ3v) is 6.77. The van der Waals surface area contributed by atoms with Gasteiger partial charge in [-0.3, -0.25) is 14.9 Å². The molecule has 3 aromatic rings. The Labute approximate surface area is 202 Å². The van der Waals surface area contributed by atoms with Crippen LogP contribution in [-0.4, -0.2) is 35.1 Å². The third kappa shape index (κ3) is 5.03. The predicted octanol–water partition coefficient (Wildman–Crippen LogP) is 5.49. The van der Waals surface area contributed by atoms with Crippen molar-refractivity contribution in [2.75, 3.05) is 14.2 Å². The number of likely N-dealkylation sites (tertiary alicyclic amines) is 1. The van der Waals surface area contributed by atoms with E-state index in [0.717, 1.165) is 41.8 Å². The van der Waals surface area contributed by atoms with E-state index in [1.807, 2.05) is 42.7 Å². The Morgan fingerprint density at radius 1 is 0.941 bits per heavy atom. The number of ether oxygens (including phenoxy) is 2. The zero-order valence-electron chi connectivity index (χ0n) is 20.5. The molecular weight excluding hydrogens is 426 g/mol. The number of hydrogen-bond acceptors (Lipinski definition) is 6. The zero-order chi connectivity index (χ0) is 24.1. The van der Waals surface area contributed by atoms with Crippen LogP contribution in [0.2, 0.25) is 0 Å². The monoisotopic (exact) mass is 459 g/mol. The van der Waals surface area contributed by atoms with Crippen LogP contribution in [0.25, 0.3) is 0 Å².